The van der Waals surface area contributed by atoms with E-state index in [-0.39, 0.29) is 24.8 Å². The van der Waals surface area contributed by atoms with Crippen molar-refractivity contribution in [3.05, 3.63) is 97.1 Å². The molecule has 0 heterocycles. The number of benzene rings is 4. The molecule has 5 heteroatoms. The second-order valence-corrected chi connectivity index (χ2v) is 9.47. The van der Waals surface area contributed by atoms with Gasteiger partial charge in [-0.25, -0.2) is 0 Å². The summed E-state index contributed by atoms with van der Waals surface area (Å²) in [4.78, 5) is 0. The Labute approximate surface area is 193 Å². The first-order chi connectivity index (χ1) is 13.2. The number of rotatable bonds is 4. The fourth-order valence-electron chi connectivity index (χ4n) is 2.99. The molecule has 4 aromatic rings. The van der Waals surface area contributed by atoms with E-state index in [1.54, 1.807) is 12.1 Å². The fourth-order valence-corrected chi connectivity index (χ4v) is 5.55. The van der Waals surface area contributed by atoms with Crippen LogP contribution in [0.5, 0.6) is 11.5 Å². The summed E-state index contributed by atoms with van der Waals surface area (Å²) in [7, 11) is 0. The molecule has 0 bridgehead atoms. The summed E-state index contributed by atoms with van der Waals surface area (Å²) in [6.45, 7) is 0. The molecule has 0 saturated heterocycles. The number of phenols is 2. The monoisotopic (exact) mass is 540 g/mol. The van der Waals surface area contributed by atoms with Gasteiger partial charge in [0.25, 0.3) is 0 Å². The van der Waals surface area contributed by atoms with E-state index < -0.39 is 20.9 Å². The Morgan fingerprint density at radius 2 is 0.862 bits per heavy atom. The first-order valence-electron chi connectivity index (χ1n) is 8.65. The second kappa shape index (κ2) is 10.6. The summed E-state index contributed by atoms with van der Waals surface area (Å²) in [5.41, 5.74) is 3.75. The minimum atomic E-state index is -0.647. The normalized spacial score (nSPS) is 9.93. The van der Waals surface area contributed by atoms with Gasteiger partial charge in [0.15, 0.2) is 0 Å². The number of phenolic OH excluding ortho intramolecular Hbond substituents is 2. The first kappa shape index (κ1) is 23.1. The van der Waals surface area contributed by atoms with E-state index >= 15 is 0 Å². The van der Waals surface area contributed by atoms with Crippen molar-refractivity contribution in [1.82, 2.24) is 0 Å². The van der Waals surface area contributed by atoms with Crippen molar-refractivity contribution >= 4 is 53.0 Å². The van der Waals surface area contributed by atoms with Gasteiger partial charge in [-0.15, -0.1) is 24.8 Å². The van der Waals surface area contributed by atoms with E-state index in [4.69, 9.17) is 0 Å². The molecule has 0 atom stereocenters. The van der Waals surface area contributed by atoms with Crippen molar-refractivity contribution < 1.29 is 10.2 Å². The van der Waals surface area contributed by atoms with Crippen LogP contribution in [0.1, 0.15) is 0 Å². The third kappa shape index (κ3) is 5.47. The summed E-state index contributed by atoms with van der Waals surface area (Å²) in [6.07, 6.45) is 0. The molecule has 0 aliphatic rings. The average Bonchev–Trinajstić information content (AvgIpc) is 2.72. The molecule has 0 unspecified atom stereocenters. The standard InChI is InChI=1S/C24H18O2Te.2ClH/c25-23-13-11-19(15-21(23)17-7-3-1-4-8-17)27-20-12-14-24(26)22(16-20)18-9-5-2-6-10-18;;/h1-16,25-26H;2*1H. The molecule has 0 radical (unpaired) electrons. The summed E-state index contributed by atoms with van der Waals surface area (Å²) in [5, 5.41) is 20.5. The van der Waals surface area contributed by atoms with Crippen molar-refractivity contribution in [2.45, 2.75) is 0 Å². The maximum atomic E-state index is 10.3. The van der Waals surface area contributed by atoms with Crippen molar-refractivity contribution in [1.29, 1.82) is 0 Å². The molecule has 29 heavy (non-hydrogen) atoms. The number of hydrogen-bond acceptors (Lipinski definition) is 2. The summed E-state index contributed by atoms with van der Waals surface area (Å²) < 4.78 is 2.48. The van der Waals surface area contributed by atoms with E-state index in [1.807, 2.05) is 72.8 Å². The van der Waals surface area contributed by atoms with Crippen LogP contribution in [0.15, 0.2) is 97.1 Å². The van der Waals surface area contributed by atoms with Gasteiger partial charge in [0.1, 0.15) is 0 Å². The summed E-state index contributed by atoms with van der Waals surface area (Å²) in [6, 6.07) is 31.6. The molecule has 4 aromatic carbocycles. The molecule has 0 spiro atoms. The molecule has 0 saturated carbocycles. The van der Waals surface area contributed by atoms with Gasteiger partial charge < -0.3 is 0 Å². The van der Waals surface area contributed by atoms with Crippen LogP contribution in [-0.4, -0.2) is 31.1 Å². The quantitative estimate of drug-likeness (QED) is 0.362. The van der Waals surface area contributed by atoms with Crippen molar-refractivity contribution in [2.24, 2.45) is 0 Å². The van der Waals surface area contributed by atoms with E-state index in [2.05, 4.69) is 12.1 Å². The predicted octanol–water partition coefficient (Wildman–Crippen LogP) is 4.93. The zero-order valence-electron chi connectivity index (χ0n) is 15.4. The van der Waals surface area contributed by atoms with Gasteiger partial charge in [-0.3, -0.25) is 0 Å². The van der Waals surface area contributed by atoms with E-state index in [1.165, 1.54) is 7.22 Å². The Balaban J connectivity index is 0.00000150. The van der Waals surface area contributed by atoms with Crippen LogP contribution < -0.4 is 7.22 Å². The van der Waals surface area contributed by atoms with Gasteiger partial charge in [-0.05, 0) is 0 Å². The van der Waals surface area contributed by atoms with E-state index in [0.717, 1.165) is 22.3 Å². The number of aromatic hydroxyl groups is 2. The van der Waals surface area contributed by atoms with Crippen molar-refractivity contribution in [2.75, 3.05) is 0 Å². The molecule has 148 valence electrons. The van der Waals surface area contributed by atoms with Crippen molar-refractivity contribution in [3.8, 4) is 33.8 Å². The van der Waals surface area contributed by atoms with Gasteiger partial charge >= 0.3 is 169 Å². The molecular formula is C24H20Cl2O2Te. The Bertz CT molecular complexity index is 984. The van der Waals surface area contributed by atoms with Crippen LogP contribution in [0.2, 0.25) is 0 Å². The summed E-state index contributed by atoms with van der Waals surface area (Å²) >= 11 is -0.647. The zero-order chi connectivity index (χ0) is 18.6. The van der Waals surface area contributed by atoms with Crippen LogP contribution in [0, 0.1) is 0 Å². The zero-order valence-corrected chi connectivity index (χ0v) is 19.3. The second-order valence-electron chi connectivity index (χ2n) is 6.19. The molecule has 2 N–H and O–H groups in total. The molecule has 0 aliphatic heterocycles. The van der Waals surface area contributed by atoms with E-state index in [0.29, 0.717) is 11.5 Å². The molecular weight excluding hydrogens is 519 g/mol. The summed E-state index contributed by atoms with van der Waals surface area (Å²) in [5.74, 6) is 0.598. The van der Waals surface area contributed by atoms with Gasteiger partial charge in [-0.2, -0.15) is 0 Å². The Hall–Kier alpha value is -2.15. The number of halogens is 2. The van der Waals surface area contributed by atoms with Crippen LogP contribution in [0.3, 0.4) is 0 Å². The van der Waals surface area contributed by atoms with Crippen LogP contribution in [0.4, 0.5) is 0 Å². The van der Waals surface area contributed by atoms with Gasteiger partial charge in [0, 0.05) is 0 Å². The van der Waals surface area contributed by atoms with Gasteiger partial charge in [0.2, 0.25) is 0 Å². The number of hydrogen-bond donors (Lipinski definition) is 2. The third-order valence-electron chi connectivity index (χ3n) is 4.34. The van der Waals surface area contributed by atoms with Gasteiger partial charge in [0.05, 0.1) is 0 Å². The molecule has 0 aliphatic carbocycles. The maximum absolute atomic E-state index is 10.3. The Kier molecular flexibility index (Phi) is 8.44. The first-order valence-corrected chi connectivity index (χ1v) is 11.0. The molecule has 2 nitrogen and oxygen atoms in total. The van der Waals surface area contributed by atoms with Crippen LogP contribution >= 0.6 is 24.8 Å². The third-order valence-corrected chi connectivity index (χ3v) is 7.14. The topological polar surface area (TPSA) is 40.5 Å². The molecule has 4 rings (SSSR count). The van der Waals surface area contributed by atoms with Crippen molar-refractivity contribution in [3.63, 3.8) is 0 Å². The van der Waals surface area contributed by atoms with Crippen LogP contribution in [0.25, 0.3) is 22.3 Å². The molecule has 0 fully saturated rings. The molecule has 0 aromatic heterocycles. The SMILES string of the molecule is Cl.Cl.Oc1ccc([Te]c2ccc(O)c(-c3ccccc3)c2)cc1-c1ccccc1. The fraction of sp³-hybridized carbons (Fsp3) is 0. The van der Waals surface area contributed by atoms with Gasteiger partial charge in [-0.1, -0.05) is 0 Å². The Morgan fingerprint density at radius 3 is 1.24 bits per heavy atom. The Morgan fingerprint density at radius 1 is 0.483 bits per heavy atom. The molecule has 0 amide bonds. The predicted molar refractivity (Wildman–Crippen MR) is 127 cm³/mol. The minimum absolute atomic E-state index is 0. The average molecular weight is 539 g/mol. The van der Waals surface area contributed by atoms with E-state index in [9.17, 15) is 10.2 Å². The van der Waals surface area contributed by atoms with Crippen LogP contribution in [-0.2, 0) is 0 Å².